The third kappa shape index (κ3) is 2.29. The van der Waals surface area contributed by atoms with Gasteiger partial charge in [-0.05, 0) is 19.3 Å². The van der Waals surface area contributed by atoms with Crippen LogP contribution in [0.4, 0.5) is 0 Å². The predicted molar refractivity (Wildman–Crippen MR) is 48.8 cm³/mol. The molecule has 1 aliphatic heterocycles. The minimum absolute atomic E-state index is 0.296. The standard InChI is InChI=1S/C10H16O2/c1-8(2)6-10(3)7-9(11)4-5-12-10/h4-5,7-8,11H,6H2,1-3H3. The zero-order valence-electron chi connectivity index (χ0n) is 7.87. The Balaban J connectivity index is 2.67. The molecule has 0 aromatic rings. The summed E-state index contributed by atoms with van der Waals surface area (Å²) in [4.78, 5) is 0. The number of aliphatic hydroxyl groups excluding tert-OH is 1. The quantitative estimate of drug-likeness (QED) is 0.687. The third-order valence-corrected chi connectivity index (χ3v) is 1.84. The Bertz CT molecular complexity index is 216. The van der Waals surface area contributed by atoms with Crippen LogP contribution in [0.5, 0.6) is 0 Å². The first-order chi connectivity index (χ1) is 5.52. The second-order valence-corrected chi connectivity index (χ2v) is 3.90. The number of rotatable bonds is 2. The Morgan fingerprint density at radius 2 is 2.25 bits per heavy atom. The van der Waals surface area contributed by atoms with Crippen molar-refractivity contribution < 1.29 is 9.84 Å². The van der Waals surface area contributed by atoms with E-state index < -0.39 is 0 Å². The molecule has 1 rings (SSSR count). The lowest BCUT2D eigenvalue weighted by Gasteiger charge is -2.29. The van der Waals surface area contributed by atoms with Gasteiger partial charge in [-0.25, -0.2) is 0 Å². The molecule has 1 heterocycles. The minimum atomic E-state index is -0.326. The maximum absolute atomic E-state index is 9.25. The van der Waals surface area contributed by atoms with E-state index in [0.29, 0.717) is 11.7 Å². The minimum Gasteiger partial charge on any atom is -0.508 e. The Kier molecular flexibility index (Phi) is 2.46. The van der Waals surface area contributed by atoms with Crippen molar-refractivity contribution >= 4 is 0 Å². The molecule has 0 bridgehead atoms. The molecule has 1 atom stereocenters. The number of aliphatic hydroxyl groups is 1. The van der Waals surface area contributed by atoms with Gasteiger partial charge in [-0.1, -0.05) is 13.8 Å². The fourth-order valence-electron chi connectivity index (χ4n) is 1.57. The molecule has 0 saturated carbocycles. The average Bonchev–Trinajstić information content (AvgIpc) is 1.82. The smallest absolute Gasteiger partial charge is 0.127 e. The van der Waals surface area contributed by atoms with Crippen LogP contribution in [0.1, 0.15) is 27.2 Å². The maximum Gasteiger partial charge on any atom is 0.127 e. The molecule has 0 aromatic carbocycles. The molecule has 2 heteroatoms. The van der Waals surface area contributed by atoms with Crippen LogP contribution in [0, 0.1) is 5.92 Å². The molecule has 2 nitrogen and oxygen atoms in total. The monoisotopic (exact) mass is 168 g/mol. The third-order valence-electron chi connectivity index (χ3n) is 1.84. The van der Waals surface area contributed by atoms with Crippen molar-refractivity contribution in [2.45, 2.75) is 32.8 Å². The number of allylic oxidation sites excluding steroid dienone is 1. The summed E-state index contributed by atoms with van der Waals surface area (Å²) in [5, 5.41) is 9.25. The normalized spacial score (nSPS) is 28.5. The average molecular weight is 168 g/mol. The second kappa shape index (κ2) is 3.21. The van der Waals surface area contributed by atoms with E-state index in [2.05, 4.69) is 13.8 Å². The lowest BCUT2D eigenvalue weighted by atomic mass is 9.92. The van der Waals surface area contributed by atoms with Crippen LogP contribution in [-0.4, -0.2) is 10.7 Å². The summed E-state index contributed by atoms with van der Waals surface area (Å²) in [5.41, 5.74) is -0.326. The molecule has 12 heavy (non-hydrogen) atoms. The van der Waals surface area contributed by atoms with Crippen molar-refractivity contribution in [1.82, 2.24) is 0 Å². The summed E-state index contributed by atoms with van der Waals surface area (Å²) in [5.74, 6) is 0.856. The lowest BCUT2D eigenvalue weighted by molar-refractivity contribution is 0.0571. The topological polar surface area (TPSA) is 29.5 Å². The van der Waals surface area contributed by atoms with Crippen LogP contribution in [0.2, 0.25) is 0 Å². The molecule has 0 radical (unpaired) electrons. The molecule has 0 fully saturated rings. The fourth-order valence-corrected chi connectivity index (χ4v) is 1.57. The molecule has 1 unspecified atom stereocenters. The van der Waals surface area contributed by atoms with Gasteiger partial charge in [0.15, 0.2) is 0 Å². The molecule has 1 N–H and O–H groups in total. The van der Waals surface area contributed by atoms with Crippen molar-refractivity contribution in [3.05, 3.63) is 24.2 Å². The highest BCUT2D eigenvalue weighted by atomic mass is 16.5. The van der Waals surface area contributed by atoms with Crippen LogP contribution in [0.15, 0.2) is 24.2 Å². The van der Waals surface area contributed by atoms with Gasteiger partial charge in [-0.3, -0.25) is 0 Å². The maximum atomic E-state index is 9.25. The summed E-state index contributed by atoms with van der Waals surface area (Å²) >= 11 is 0. The van der Waals surface area contributed by atoms with Crippen molar-refractivity contribution in [1.29, 1.82) is 0 Å². The van der Waals surface area contributed by atoms with Crippen LogP contribution >= 0.6 is 0 Å². The molecule has 0 spiro atoms. The van der Waals surface area contributed by atoms with Gasteiger partial charge in [0.05, 0.1) is 6.26 Å². The Labute approximate surface area is 73.5 Å². The number of ether oxygens (including phenoxy) is 1. The highest BCUT2D eigenvalue weighted by Crippen LogP contribution is 2.26. The highest BCUT2D eigenvalue weighted by molar-refractivity contribution is 5.18. The summed E-state index contributed by atoms with van der Waals surface area (Å²) in [6.45, 7) is 6.25. The van der Waals surface area contributed by atoms with E-state index in [4.69, 9.17) is 4.74 Å². The van der Waals surface area contributed by atoms with Crippen LogP contribution in [0.3, 0.4) is 0 Å². The van der Waals surface area contributed by atoms with Crippen LogP contribution < -0.4 is 0 Å². The zero-order valence-corrected chi connectivity index (χ0v) is 7.87. The van der Waals surface area contributed by atoms with Gasteiger partial charge in [0.25, 0.3) is 0 Å². The summed E-state index contributed by atoms with van der Waals surface area (Å²) in [7, 11) is 0. The Hall–Kier alpha value is -0.920. The molecule has 0 saturated heterocycles. The van der Waals surface area contributed by atoms with Gasteiger partial charge < -0.3 is 9.84 Å². The fraction of sp³-hybridized carbons (Fsp3) is 0.600. The van der Waals surface area contributed by atoms with E-state index in [0.717, 1.165) is 6.42 Å². The molecule has 68 valence electrons. The summed E-state index contributed by atoms with van der Waals surface area (Å²) in [6, 6.07) is 0. The van der Waals surface area contributed by atoms with E-state index in [1.54, 1.807) is 18.4 Å². The van der Waals surface area contributed by atoms with E-state index in [1.807, 2.05) is 6.92 Å². The molecular formula is C10H16O2. The molecule has 1 aliphatic rings. The van der Waals surface area contributed by atoms with Crippen molar-refractivity contribution in [2.24, 2.45) is 5.92 Å². The van der Waals surface area contributed by atoms with Gasteiger partial charge >= 0.3 is 0 Å². The first-order valence-electron chi connectivity index (χ1n) is 4.28. The SMILES string of the molecule is CC(C)CC1(C)C=C(O)C=CO1. The zero-order chi connectivity index (χ0) is 9.19. The lowest BCUT2D eigenvalue weighted by Crippen LogP contribution is -2.28. The highest BCUT2D eigenvalue weighted by Gasteiger charge is 2.26. The van der Waals surface area contributed by atoms with Crippen LogP contribution in [-0.2, 0) is 4.74 Å². The van der Waals surface area contributed by atoms with Gasteiger partial charge in [-0.15, -0.1) is 0 Å². The van der Waals surface area contributed by atoms with Gasteiger partial charge in [-0.2, -0.15) is 0 Å². The van der Waals surface area contributed by atoms with Gasteiger partial charge in [0, 0.05) is 12.2 Å². The molecular weight excluding hydrogens is 152 g/mol. The van der Waals surface area contributed by atoms with E-state index in [-0.39, 0.29) is 5.60 Å². The van der Waals surface area contributed by atoms with Crippen LogP contribution in [0.25, 0.3) is 0 Å². The van der Waals surface area contributed by atoms with Gasteiger partial charge in [0.2, 0.25) is 0 Å². The number of hydrogen-bond donors (Lipinski definition) is 1. The summed E-state index contributed by atoms with van der Waals surface area (Å²) in [6.07, 6.45) is 5.79. The molecule has 0 aromatic heterocycles. The first-order valence-corrected chi connectivity index (χ1v) is 4.28. The second-order valence-electron chi connectivity index (χ2n) is 3.90. The van der Waals surface area contributed by atoms with E-state index in [1.165, 1.54) is 0 Å². The molecule has 0 amide bonds. The van der Waals surface area contributed by atoms with E-state index in [9.17, 15) is 5.11 Å². The van der Waals surface area contributed by atoms with E-state index >= 15 is 0 Å². The van der Waals surface area contributed by atoms with Crippen molar-refractivity contribution in [3.63, 3.8) is 0 Å². The van der Waals surface area contributed by atoms with Gasteiger partial charge in [0.1, 0.15) is 11.4 Å². The largest absolute Gasteiger partial charge is 0.508 e. The predicted octanol–water partition coefficient (Wildman–Crippen LogP) is 2.78. The Morgan fingerprint density at radius 1 is 1.58 bits per heavy atom. The van der Waals surface area contributed by atoms with Crippen molar-refractivity contribution in [3.8, 4) is 0 Å². The summed E-state index contributed by atoms with van der Waals surface area (Å²) < 4.78 is 5.43. The number of hydrogen-bond acceptors (Lipinski definition) is 2. The molecule has 0 aliphatic carbocycles. The first kappa shape index (κ1) is 9.17. The van der Waals surface area contributed by atoms with Crippen molar-refractivity contribution in [2.75, 3.05) is 0 Å². The Morgan fingerprint density at radius 3 is 2.75 bits per heavy atom.